The summed E-state index contributed by atoms with van der Waals surface area (Å²) in [6, 6.07) is -1.01. The fourth-order valence-corrected chi connectivity index (χ4v) is 13.5. The van der Waals surface area contributed by atoms with Crippen molar-refractivity contribution in [3.05, 3.63) is 46.7 Å². The van der Waals surface area contributed by atoms with Crippen molar-refractivity contribution in [3.8, 4) is 11.8 Å². The van der Waals surface area contributed by atoms with Gasteiger partial charge in [-0.2, -0.15) is 0 Å². The maximum atomic E-state index is 14.7. The van der Waals surface area contributed by atoms with Crippen molar-refractivity contribution in [2.75, 3.05) is 13.1 Å². The molecule has 2 aliphatic heterocycles. The number of aliphatic hydroxyl groups excluding tert-OH is 2. The highest BCUT2D eigenvalue weighted by atomic mass is 35.5. The number of ether oxygens (including phenoxy) is 3. The van der Waals surface area contributed by atoms with Crippen molar-refractivity contribution in [3.63, 3.8) is 0 Å². The number of nitrogens with one attached hydrogen (secondary N) is 7. The van der Waals surface area contributed by atoms with Gasteiger partial charge in [0, 0.05) is 49.5 Å². The quantitative estimate of drug-likeness (QED) is 0.0459. The number of nitrogens with two attached hydrogens (primary N) is 1. The smallest absolute Gasteiger partial charge is 0.408 e. The number of aliphatic hydroxyl groups is 2. The Morgan fingerprint density at radius 3 is 1.29 bits per heavy atom. The average molecular weight is 1430 g/mol. The topological polar surface area (TPSA) is 364 Å². The van der Waals surface area contributed by atoms with Crippen molar-refractivity contribution < 1.29 is 67.6 Å². The van der Waals surface area contributed by atoms with Crippen LogP contribution in [0.3, 0.4) is 0 Å². The molecule has 0 radical (unpaired) electrons. The Kier molecular flexibility index (Phi) is 28.8. The molecular weight excluding hydrogens is 1320 g/mol. The first kappa shape index (κ1) is 79.7. The third-order valence-corrected chi connectivity index (χ3v) is 19.5. The van der Waals surface area contributed by atoms with Gasteiger partial charge in [-0.1, -0.05) is 130 Å². The lowest BCUT2D eigenvalue weighted by Gasteiger charge is -2.37. The zero-order chi connectivity index (χ0) is 72.7. The Hall–Kier alpha value is -6.61. The number of rotatable bonds is 27. The number of carbonyl (C=O) groups excluding carboxylic acids is 9. The molecule has 2 saturated heterocycles. The molecule has 28 heteroatoms. The largest absolute Gasteiger partial charge is 0.472 e. The van der Waals surface area contributed by atoms with Crippen LogP contribution in [-0.4, -0.2) is 187 Å². The van der Waals surface area contributed by atoms with Gasteiger partial charge in [-0.05, 0) is 120 Å². The zero-order valence-corrected chi connectivity index (χ0v) is 61.2. The molecule has 9 amide bonds. The summed E-state index contributed by atoms with van der Waals surface area (Å²) in [6.45, 7) is 20.1. The molecular formula is C71H110Cl2N12O14. The van der Waals surface area contributed by atoms with Gasteiger partial charge in [0.05, 0.1) is 41.3 Å². The van der Waals surface area contributed by atoms with E-state index in [0.29, 0.717) is 35.7 Å². The zero-order valence-electron chi connectivity index (χ0n) is 59.7. The van der Waals surface area contributed by atoms with E-state index in [2.05, 4.69) is 47.2 Å². The third kappa shape index (κ3) is 24.0. The first-order valence-corrected chi connectivity index (χ1v) is 36.5. The van der Waals surface area contributed by atoms with E-state index in [-0.39, 0.29) is 67.5 Å². The van der Waals surface area contributed by atoms with Crippen LogP contribution in [-0.2, 0) is 43.1 Å². The molecule has 12 atom stereocenters. The van der Waals surface area contributed by atoms with Crippen LogP contribution in [0.15, 0.2) is 36.7 Å². The van der Waals surface area contributed by atoms with E-state index < -0.39 is 137 Å². The number of nitrogens with zero attached hydrogens (tertiary/aromatic N) is 4. The van der Waals surface area contributed by atoms with Crippen molar-refractivity contribution in [2.24, 2.45) is 28.4 Å². The molecule has 8 rings (SSSR count). The van der Waals surface area contributed by atoms with Crippen LogP contribution in [0.4, 0.5) is 4.79 Å². The first-order chi connectivity index (χ1) is 46.6. The van der Waals surface area contributed by atoms with Crippen LogP contribution in [0.25, 0.3) is 0 Å². The highest BCUT2D eigenvalue weighted by molar-refractivity contribution is 6.30. The molecule has 6 fully saturated rings. The fraction of sp³-hybridized carbons (Fsp3) is 0.732. The number of amides is 9. The van der Waals surface area contributed by atoms with Gasteiger partial charge in [0.2, 0.25) is 47.2 Å². The Bertz CT molecular complexity index is 3050. The maximum Gasteiger partial charge on any atom is 0.408 e. The molecule has 2 aromatic heterocycles. The van der Waals surface area contributed by atoms with Crippen LogP contribution in [0, 0.1) is 22.7 Å². The summed E-state index contributed by atoms with van der Waals surface area (Å²) in [5, 5.41) is 42.6. The first-order valence-electron chi connectivity index (χ1n) is 35.7. The van der Waals surface area contributed by atoms with Gasteiger partial charge >= 0.3 is 6.09 Å². The van der Waals surface area contributed by atoms with E-state index >= 15 is 0 Å². The van der Waals surface area contributed by atoms with E-state index in [1.807, 2.05) is 55.4 Å². The van der Waals surface area contributed by atoms with Crippen LogP contribution in [0.5, 0.6) is 11.8 Å². The molecule has 4 heterocycles. The van der Waals surface area contributed by atoms with Gasteiger partial charge in [0.1, 0.15) is 48.0 Å². The maximum absolute atomic E-state index is 14.7. The van der Waals surface area contributed by atoms with Crippen molar-refractivity contribution >= 4 is 76.6 Å². The lowest BCUT2D eigenvalue weighted by Crippen LogP contribution is -2.62. The van der Waals surface area contributed by atoms with E-state index in [0.717, 1.165) is 89.9 Å². The molecule has 0 spiro atoms. The summed E-state index contributed by atoms with van der Waals surface area (Å²) in [5.74, 6) is -3.55. The summed E-state index contributed by atoms with van der Waals surface area (Å²) in [4.78, 5) is 134. The van der Waals surface area contributed by atoms with Crippen molar-refractivity contribution in [2.45, 2.75) is 295 Å². The molecule has 11 N–H and O–H groups in total. The number of hydrogen-bond donors (Lipinski definition) is 10. The van der Waals surface area contributed by atoms with Gasteiger partial charge in [0.25, 0.3) is 11.8 Å². The molecule has 6 aliphatic rings. The lowest BCUT2D eigenvalue weighted by molar-refractivity contribution is -0.145. The van der Waals surface area contributed by atoms with E-state index in [9.17, 15) is 53.4 Å². The van der Waals surface area contributed by atoms with Crippen LogP contribution < -0.4 is 52.4 Å². The standard InChI is InChI=1S/C38H59ClN6O8.C33H51ClN6O6/c1-8-12-26(30(46)34(49)41-24-16-17-24)42-32(47)27-19-25(52-28-18-15-23(39)20-40-28)21-45(27)35(50)31(37(2,3)4)44-33(48)29(22-13-10-9-11-14-22)43-36(51)53-38(5,6)7;1-5-9-23(27(41)31(44)37-21-13-14-21)38-29(42)24-16-22(46-25-15-12-20(34)17-36-25)18-40(24)32(45)28(33(2,3)4)39-30(43)26(35)19-10-7-6-8-11-19/h15,18,20,22,24-27,29-31,46H,8-14,16-17,19,21H2,1-7H3,(H,41,49)(H,42,47)(H,43,51)(H,44,48);12,15,17,19,21-24,26-28,41H,5-11,13-14,16,18,35H2,1-4H3,(H,37,44)(H,38,42)(H,39,43)/t25-,26+,27+,29+,30?,31-;22-,23+,24+,26+,27?,28-/m11/s1. The highest BCUT2D eigenvalue weighted by Crippen LogP contribution is 2.34. The van der Waals surface area contributed by atoms with Gasteiger partial charge in [-0.3, -0.25) is 38.4 Å². The SMILES string of the molecule is CCC[C@H](NC(=O)[C@@H]1C[C@@H](Oc2ccc(Cl)cn2)CN1C(=O)[C@@H](NC(=O)[C@@H](N)C1CCCCC1)C(C)(C)C)C(O)C(=O)NC1CC1.CCC[C@H](NC(=O)[C@@H]1C[C@@H](Oc2ccc(Cl)cn2)CN1C(=O)[C@@H](NC(=O)[C@@H](NC(=O)OC(C)(C)C)C1CCCCC1)C(C)(C)C)C(O)C(=O)NC1CC1. The summed E-state index contributed by atoms with van der Waals surface area (Å²) in [7, 11) is 0. The molecule has 0 bridgehead atoms. The Morgan fingerprint density at radius 1 is 0.545 bits per heavy atom. The molecule has 2 aromatic rings. The van der Waals surface area contributed by atoms with Crippen LogP contribution in [0.2, 0.25) is 10.0 Å². The molecule has 26 nitrogen and oxygen atoms in total. The highest BCUT2D eigenvalue weighted by Gasteiger charge is 2.50. The number of aromatic nitrogens is 2. The van der Waals surface area contributed by atoms with Gasteiger partial charge < -0.3 is 77.2 Å². The second kappa shape index (κ2) is 35.8. The van der Waals surface area contributed by atoms with Crippen molar-refractivity contribution in [1.29, 1.82) is 0 Å². The molecule has 0 aromatic carbocycles. The molecule has 552 valence electrons. The predicted octanol–water partition coefficient (Wildman–Crippen LogP) is 6.46. The Morgan fingerprint density at radius 2 is 0.939 bits per heavy atom. The van der Waals surface area contributed by atoms with Gasteiger partial charge in [-0.25, -0.2) is 14.8 Å². The normalized spacial score (nSPS) is 22.4. The summed E-state index contributed by atoms with van der Waals surface area (Å²) >= 11 is 12.0. The van der Waals surface area contributed by atoms with E-state index in [4.69, 9.17) is 43.1 Å². The van der Waals surface area contributed by atoms with E-state index in [1.165, 1.54) is 22.2 Å². The second-order valence-electron chi connectivity index (χ2n) is 30.9. The summed E-state index contributed by atoms with van der Waals surface area (Å²) in [5.41, 5.74) is 4.10. The molecule has 4 aliphatic carbocycles. The van der Waals surface area contributed by atoms with Gasteiger partial charge in [-0.15, -0.1) is 0 Å². The molecule has 2 unspecified atom stereocenters. The summed E-state index contributed by atoms with van der Waals surface area (Å²) in [6.07, 6.45) is 12.8. The predicted molar refractivity (Wildman–Crippen MR) is 373 cm³/mol. The Labute approximate surface area is 593 Å². The molecule has 99 heavy (non-hydrogen) atoms. The number of alkyl carbamates (subject to hydrolysis) is 1. The number of hydrogen-bond acceptors (Lipinski definition) is 17. The van der Waals surface area contributed by atoms with Crippen LogP contribution >= 0.6 is 23.2 Å². The second-order valence-corrected chi connectivity index (χ2v) is 31.8. The van der Waals surface area contributed by atoms with Crippen LogP contribution in [0.1, 0.15) is 205 Å². The fourth-order valence-electron chi connectivity index (χ4n) is 13.3. The third-order valence-electron chi connectivity index (χ3n) is 19.0. The number of pyridine rings is 2. The molecule has 4 saturated carbocycles. The number of carbonyl (C=O) groups is 9. The monoisotopic (exact) mass is 1420 g/mol. The van der Waals surface area contributed by atoms with Gasteiger partial charge in [0.15, 0.2) is 12.2 Å². The van der Waals surface area contributed by atoms with Crippen molar-refractivity contribution in [1.82, 2.24) is 57.0 Å². The summed E-state index contributed by atoms with van der Waals surface area (Å²) < 4.78 is 17.7. The Balaban J connectivity index is 0.000000281. The minimum absolute atomic E-state index is 0.00491. The lowest BCUT2D eigenvalue weighted by atomic mass is 9.82. The minimum atomic E-state index is -1.48. The minimum Gasteiger partial charge on any atom is -0.472 e. The van der Waals surface area contributed by atoms with E-state index in [1.54, 1.807) is 45.0 Å². The average Bonchev–Trinajstić information content (AvgIpc) is 1.73. The number of halogens is 2. The number of likely N-dealkylation sites (tertiary alicyclic amines) is 2.